The monoisotopic (exact) mass is 497 g/mol. The number of carbonyl (C=O) groups is 2. The van der Waals surface area contributed by atoms with Crippen molar-refractivity contribution in [3.05, 3.63) is 80.5 Å². The quantitative estimate of drug-likeness (QED) is 0.214. The fourth-order valence-electron chi connectivity index (χ4n) is 3.18. The number of anilines is 3. The van der Waals surface area contributed by atoms with Gasteiger partial charge in [0.05, 0.1) is 6.61 Å². The number of benzene rings is 2. The molecule has 174 valence electrons. The predicted octanol–water partition coefficient (Wildman–Crippen LogP) is 6.67. The second kappa shape index (κ2) is 10.9. The second-order valence-electron chi connectivity index (χ2n) is 7.34. The average molecular weight is 498 g/mol. The number of hydrogen-bond acceptors (Lipinski definition) is 6. The van der Waals surface area contributed by atoms with Crippen molar-refractivity contribution in [3.8, 4) is 6.07 Å². The van der Waals surface area contributed by atoms with Crippen LogP contribution in [0.1, 0.15) is 34.2 Å². The van der Waals surface area contributed by atoms with Crippen LogP contribution < -0.4 is 10.6 Å². The van der Waals surface area contributed by atoms with Gasteiger partial charge in [-0.15, -0.1) is 0 Å². The summed E-state index contributed by atoms with van der Waals surface area (Å²) in [7, 11) is 0. The number of furan rings is 1. The van der Waals surface area contributed by atoms with Crippen molar-refractivity contribution in [2.75, 3.05) is 17.2 Å². The van der Waals surface area contributed by atoms with Gasteiger partial charge in [0.2, 0.25) is 5.88 Å². The van der Waals surface area contributed by atoms with Crippen LogP contribution in [-0.4, -0.2) is 18.5 Å². The Balaban J connectivity index is 1.97. The highest BCUT2D eigenvalue weighted by Crippen LogP contribution is 2.36. The minimum atomic E-state index is -0.717. The summed E-state index contributed by atoms with van der Waals surface area (Å²) in [6.07, 6.45) is 1.18. The molecular weight excluding hydrogens is 477 g/mol. The number of halogens is 2. The van der Waals surface area contributed by atoms with Crippen LogP contribution in [0.4, 0.5) is 17.3 Å². The third-order valence-corrected chi connectivity index (χ3v) is 5.20. The van der Waals surface area contributed by atoms with Gasteiger partial charge >= 0.3 is 5.97 Å². The summed E-state index contributed by atoms with van der Waals surface area (Å²) in [6, 6.07) is 14.1. The highest BCUT2D eigenvalue weighted by atomic mass is 35.5. The molecule has 3 aromatic rings. The van der Waals surface area contributed by atoms with Gasteiger partial charge in [-0.3, -0.25) is 4.79 Å². The molecule has 7 nitrogen and oxygen atoms in total. The lowest BCUT2D eigenvalue weighted by atomic mass is 10.1. The van der Waals surface area contributed by atoms with E-state index in [1.807, 2.05) is 26.0 Å². The third kappa shape index (κ3) is 5.98. The lowest BCUT2D eigenvalue weighted by Crippen LogP contribution is -2.13. The lowest BCUT2D eigenvalue weighted by Gasteiger charge is -2.06. The first-order chi connectivity index (χ1) is 16.2. The summed E-state index contributed by atoms with van der Waals surface area (Å²) in [4.78, 5) is 25.3. The van der Waals surface area contributed by atoms with E-state index in [0.29, 0.717) is 16.4 Å². The van der Waals surface area contributed by atoms with E-state index < -0.39 is 11.9 Å². The number of hydrogen-bond donors (Lipinski definition) is 2. The Kier molecular flexibility index (Phi) is 8.00. The standard InChI is InChI=1S/C25H21Cl2N3O4/c1-4-33-25(32)21-22(27)20(34-24(21)30-18-7-5-17(26)6-8-18)12-16(13-28)23(31)29-19-10-14(2)9-15(3)11-19/h5-12,30H,4H2,1-3H3,(H,29,31)/b16-12+. The van der Waals surface area contributed by atoms with Crippen molar-refractivity contribution in [2.45, 2.75) is 20.8 Å². The van der Waals surface area contributed by atoms with E-state index >= 15 is 0 Å². The Hall–Kier alpha value is -3.73. The highest BCUT2D eigenvalue weighted by molar-refractivity contribution is 6.36. The maximum atomic E-state index is 12.7. The molecule has 2 N–H and O–H groups in total. The van der Waals surface area contributed by atoms with Gasteiger partial charge in [-0.05, 0) is 68.3 Å². The molecule has 0 atom stereocenters. The Morgan fingerprint density at radius 1 is 1.09 bits per heavy atom. The first-order valence-electron chi connectivity index (χ1n) is 10.2. The first-order valence-corrected chi connectivity index (χ1v) is 11.0. The average Bonchev–Trinajstić information content (AvgIpc) is 3.07. The zero-order valence-corrected chi connectivity index (χ0v) is 20.2. The maximum absolute atomic E-state index is 12.7. The van der Waals surface area contributed by atoms with Crippen molar-refractivity contribution in [1.29, 1.82) is 5.26 Å². The third-order valence-electron chi connectivity index (χ3n) is 4.58. The van der Waals surface area contributed by atoms with Crippen LogP contribution in [0.5, 0.6) is 0 Å². The van der Waals surface area contributed by atoms with Crippen LogP contribution in [0.15, 0.2) is 52.5 Å². The van der Waals surface area contributed by atoms with Gasteiger partial charge in [0.25, 0.3) is 5.91 Å². The fourth-order valence-corrected chi connectivity index (χ4v) is 3.57. The zero-order chi connectivity index (χ0) is 24.8. The van der Waals surface area contributed by atoms with Gasteiger partial charge in [-0.1, -0.05) is 29.3 Å². The van der Waals surface area contributed by atoms with Gasteiger partial charge < -0.3 is 19.8 Å². The van der Waals surface area contributed by atoms with E-state index in [4.69, 9.17) is 32.4 Å². The Labute approximate surface area is 206 Å². The molecule has 0 radical (unpaired) electrons. The summed E-state index contributed by atoms with van der Waals surface area (Å²) in [5.74, 6) is -1.41. The number of aryl methyl sites for hydroxylation is 2. The molecule has 0 bridgehead atoms. The molecular formula is C25H21Cl2N3O4. The first kappa shape index (κ1) is 24.9. The van der Waals surface area contributed by atoms with Crippen molar-refractivity contribution < 1.29 is 18.7 Å². The number of nitriles is 1. The number of esters is 1. The smallest absolute Gasteiger partial charge is 0.345 e. The molecule has 3 rings (SSSR count). The van der Waals surface area contributed by atoms with Gasteiger partial charge in [0, 0.05) is 22.5 Å². The summed E-state index contributed by atoms with van der Waals surface area (Å²) in [5, 5.41) is 15.7. The summed E-state index contributed by atoms with van der Waals surface area (Å²) in [5.41, 5.74) is 2.73. The molecule has 1 amide bonds. The van der Waals surface area contributed by atoms with Crippen LogP contribution in [0.25, 0.3) is 6.08 Å². The summed E-state index contributed by atoms with van der Waals surface area (Å²) in [6.45, 7) is 5.58. The number of nitrogens with one attached hydrogen (secondary N) is 2. The molecule has 0 fully saturated rings. The molecule has 0 spiro atoms. The zero-order valence-electron chi connectivity index (χ0n) is 18.7. The van der Waals surface area contributed by atoms with Crippen LogP contribution in [-0.2, 0) is 9.53 Å². The maximum Gasteiger partial charge on any atom is 0.345 e. The number of rotatable bonds is 7. The van der Waals surface area contributed by atoms with Crippen LogP contribution in [0.3, 0.4) is 0 Å². The molecule has 1 heterocycles. The van der Waals surface area contributed by atoms with E-state index in [1.165, 1.54) is 6.08 Å². The van der Waals surface area contributed by atoms with Crippen molar-refractivity contribution in [3.63, 3.8) is 0 Å². The van der Waals surface area contributed by atoms with Gasteiger partial charge in [0.1, 0.15) is 22.2 Å². The molecule has 0 aliphatic rings. The van der Waals surface area contributed by atoms with Crippen LogP contribution in [0.2, 0.25) is 10.0 Å². The molecule has 1 aromatic heterocycles. The topological polar surface area (TPSA) is 104 Å². The Morgan fingerprint density at radius 3 is 2.32 bits per heavy atom. The molecule has 2 aromatic carbocycles. The predicted molar refractivity (Wildman–Crippen MR) is 133 cm³/mol. The van der Waals surface area contributed by atoms with Crippen molar-refractivity contribution in [2.24, 2.45) is 0 Å². The molecule has 0 unspecified atom stereocenters. The molecule has 0 saturated heterocycles. The molecule has 0 aliphatic carbocycles. The highest BCUT2D eigenvalue weighted by Gasteiger charge is 2.26. The van der Waals surface area contributed by atoms with E-state index in [9.17, 15) is 14.9 Å². The van der Waals surface area contributed by atoms with Gasteiger partial charge in [-0.2, -0.15) is 5.26 Å². The number of nitrogens with zero attached hydrogens (tertiary/aromatic N) is 1. The minimum absolute atomic E-state index is 0.00373. The SMILES string of the molecule is CCOC(=O)c1c(Nc2ccc(Cl)cc2)oc(/C=C(\C#N)C(=O)Nc2cc(C)cc(C)c2)c1Cl. The number of amides is 1. The van der Waals surface area contributed by atoms with E-state index in [1.54, 1.807) is 43.3 Å². The van der Waals surface area contributed by atoms with E-state index in [0.717, 1.165) is 11.1 Å². The second-order valence-corrected chi connectivity index (χ2v) is 8.15. The van der Waals surface area contributed by atoms with Crippen LogP contribution in [0, 0.1) is 25.2 Å². The Morgan fingerprint density at radius 2 is 1.74 bits per heavy atom. The molecule has 0 aliphatic heterocycles. The molecule has 34 heavy (non-hydrogen) atoms. The summed E-state index contributed by atoms with van der Waals surface area (Å²) >= 11 is 12.3. The number of ether oxygens (including phenoxy) is 1. The normalized spacial score (nSPS) is 11.0. The molecule has 9 heteroatoms. The van der Waals surface area contributed by atoms with Crippen LogP contribution >= 0.6 is 23.2 Å². The van der Waals surface area contributed by atoms with Crippen molar-refractivity contribution >= 4 is 58.4 Å². The van der Waals surface area contributed by atoms with E-state index in [-0.39, 0.29) is 34.4 Å². The lowest BCUT2D eigenvalue weighted by molar-refractivity contribution is -0.112. The molecule has 0 saturated carbocycles. The Bertz CT molecular complexity index is 1280. The van der Waals surface area contributed by atoms with Gasteiger partial charge in [0.15, 0.2) is 5.76 Å². The van der Waals surface area contributed by atoms with E-state index in [2.05, 4.69) is 10.6 Å². The largest absolute Gasteiger partial charge is 0.462 e. The summed E-state index contributed by atoms with van der Waals surface area (Å²) < 4.78 is 10.8. The van der Waals surface area contributed by atoms with Crippen molar-refractivity contribution in [1.82, 2.24) is 0 Å². The van der Waals surface area contributed by atoms with Gasteiger partial charge in [-0.25, -0.2) is 4.79 Å². The fraction of sp³-hybridized carbons (Fsp3) is 0.160. The number of carbonyl (C=O) groups excluding carboxylic acids is 2. The minimum Gasteiger partial charge on any atom is -0.462 e.